The van der Waals surface area contributed by atoms with Crippen LogP contribution >= 0.6 is 0 Å². The van der Waals surface area contributed by atoms with Crippen molar-refractivity contribution >= 4 is 17.3 Å². The van der Waals surface area contributed by atoms with E-state index in [4.69, 9.17) is 9.47 Å². The minimum Gasteiger partial charge on any atom is -0.496 e. The molecule has 29 heavy (non-hydrogen) atoms. The highest BCUT2D eigenvalue weighted by atomic mass is 16.5. The van der Waals surface area contributed by atoms with Crippen LogP contribution in [0.15, 0.2) is 28.9 Å². The number of ether oxygens (including phenoxy) is 2. The van der Waals surface area contributed by atoms with Crippen molar-refractivity contribution in [1.82, 2.24) is 0 Å². The fourth-order valence-corrected chi connectivity index (χ4v) is 3.66. The fraction of sp³-hybridized carbons (Fsp3) is 0.522. The average molecular weight is 402 g/mol. The van der Waals surface area contributed by atoms with Crippen LogP contribution in [0.5, 0.6) is 11.5 Å². The lowest BCUT2D eigenvalue weighted by Crippen LogP contribution is -2.23. The number of nitrogens with zero attached hydrogens (tertiary/aromatic N) is 1. The number of methoxy groups -OCH3 is 2. The minimum absolute atomic E-state index is 0.125. The van der Waals surface area contributed by atoms with Gasteiger partial charge >= 0.3 is 0 Å². The third-order valence-corrected chi connectivity index (χ3v) is 5.26. The normalized spacial score (nSPS) is 13.9. The molecule has 0 unspecified atom stereocenters. The Morgan fingerprint density at radius 2 is 1.45 bits per heavy atom. The molecule has 1 N–H and O–H groups in total. The zero-order chi connectivity index (χ0) is 21.2. The summed E-state index contributed by atoms with van der Waals surface area (Å²) in [5.41, 5.74) is 0.709. The van der Waals surface area contributed by atoms with Crippen LogP contribution in [0.2, 0.25) is 0 Å². The van der Waals surface area contributed by atoms with Gasteiger partial charge in [-0.2, -0.15) is 0 Å². The quantitative estimate of drug-likeness (QED) is 0.220. The van der Waals surface area contributed by atoms with Crippen LogP contribution in [0.3, 0.4) is 0 Å². The Balaban J connectivity index is 2.07. The summed E-state index contributed by atoms with van der Waals surface area (Å²) in [6, 6.07) is 3.20. The number of hydrogen-bond donors (Lipinski definition) is 1. The van der Waals surface area contributed by atoms with Crippen molar-refractivity contribution in [2.24, 2.45) is 5.16 Å². The van der Waals surface area contributed by atoms with E-state index >= 15 is 0 Å². The van der Waals surface area contributed by atoms with E-state index in [1.165, 1.54) is 52.4 Å². The molecule has 1 aliphatic carbocycles. The first-order valence-electron chi connectivity index (χ1n) is 10.4. The van der Waals surface area contributed by atoms with E-state index < -0.39 is 0 Å². The second-order valence-corrected chi connectivity index (χ2v) is 7.24. The van der Waals surface area contributed by atoms with Crippen molar-refractivity contribution in [2.75, 3.05) is 14.2 Å². The molecule has 0 atom stereocenters. The lowest BCUT2D eigenvalue weighted by atomic mass is 9.85. The second-order valence-electron chi connectivity index (χ2n) is 7.24. The lowest BCUT2D eigenvalue weighted by Gasteiger charge is -2.20. The van der Waals surface area contributed by atoms with Gasteiger partial charge in [0.15, 0.2) is 11.6 Å². The summed E-state index contributed by atoms with van der Waals surface area (Å²) in [6.07, 6.45) is 10.8. The summed E-state index contributed by atoms with van der Waals surface area (Å²) in [5.74, 6) is -0.126. The van der Waals surface area contributed by atoms with Crippen LogP contribution in [-0.4, -0.2) is 36.7 Å². The van der Waals surface area contributed by atoms with E-state index in [0.717, 1.165) is 19.3 Å². The molecule has 0 aromatic heterocycles. The van der Waals surface area contributed by atoms with Gasteiger partial charge in [-0.3, -0.25) is 9.59 Å². The molecule has 0 aliphatic heterocycles. The first-order chi connectivity index (χ1) is 14.1. The molecule has 2 rings (SSSR count). The van der Waals surface area contributed by atoms with E-state index in [9.17, 15) is 14.8 Å². The van der Waals surface area contributed by atoms with E-state index in [1.807, 2.05) is 0 Å². The summed E-state index contributed by atoms with van der Waals surface area (Å²) >= 11 is 0. The summed E-state index contributed by atoms with van der Waals surface area (Å²) < 4.78 is 10.5. The van der Waals surface area contributed by atoms with Crippen LogP contribution in [0, 0.1) is 0 Å². The van der Waals surface area contributed by atoms with E-state index in [0.29, 0.717) is 17.9 Å². The molecule has 6 nitrogen and oxygen atoms in total. The molecule has 6 heteroatoms. The number of benzene rings is 1. The number of carbonyl (C=O) groups excluding carboxylic acids is 2. The number of hydrogen-bond acceptors (Lipinski definition) is 6. The first kappa shape index (κ1) is 22.7. The van der Waals surface area contributed by atoms with Gasteiger partial charge in [0, 0.05) is 0 Å². The maximum absolute atomic E-state index is 13.1. The Labute approximate surface area is 172 Å². The molecule has 1 aromatic carbocycles. The maximum atomic E-state index is 13.1. The van der Waals surface area contributed by atoms with Gasteiger partial charge < -0.3 is 14.7 Å². The molecule has 0 saturated carbocycles. The number of ketones is 2. The number of Topliss-reactive ketones (excluding diaryl/α,β-unsaturated/α-hetero) is 1. The molecule has 1 aromatic rings. The Morgan fingerprint density at radius 3 is 2.00 bits per heavy atom. The summed E-state index contributed by atoms with van der Waals surface area (Å²) in [6.45, 7) is 2.20. The molecule has 1 aliphatic rings. The summed E-state index contributed by atoms with van der Waals surface area (Å²) in [7, 11) is 2.89. The Kier molecular flexibility index (Phi) is 8.90. The zero-order valence-corrected chi connectivity index (χ0v) is 17.6. The van der Waals surface area contributed by atoms with E-state index in [-0.39, 0.29) is 34.0 Å². The largest absolute Gasteiger partial charge is 0.496 e. The van der Waals surface area contributed by atoms with Crippen LogP contribution in [0.1, 0.15) is 85.4 Å². The highest BCUT2D eigenvalue weighted by Gasteiger charge is 2.33. The van der Waals surface area contributed by atoms with E-state index in [1.54, 1.807) is 12.1 Å². The molecule has 0 heterocycles. The third kappa shape index (κ3) is 5.46. The van der Waals surface area contributed by atoms with Gasteiger partial charge in [0.05, 0.1) is 36.6 Å². The SMILES string of the molecule is CCCCCCCCCCC(=NO)C1=CC(=O)c2c(OC)ccc(OC)c2C1=O. The smallest absolute Gasteiger partial charge is 0.199 e. The predicted octanol–water partition coefficient (Wildman–Crippen LogP) is 5.37. The van der Waals surface area contributed by atoms with Crippen molar-refractivity contribution in [1.29, 1.82) is 0 Å². The number of oxime groups is 1. The third-order valence-electron chi connectivity index (χ3n) is 5.26. The topological polar surface area (TPSA) is 85.2 Å². The average Bonchev–Trinajstić information content (AvgIpc) is 2.74. The molecule has 158 valence electrons. The molecular weight excluding hydrogens is 370 g/mol. The van der Waals surface area contributed by atoms with Gasteiger partial charge in [0.1, 0.15) is 11.5 Å². The van der Waals surface area contributed by atoms with E-state index in [2.05, 4.69) is 12.1 Å². The van der Waals surface area contributed by atoms with Gasteiger partial charge in [0.25, 0.3) is 0 Å². The molecular formula is C23H31NO5. The van der Waals surface area contributed by atoms with Crippen molar-refractivity contribution in [2.45, 2.75) is 64.7 Å². The number of carbonyl (C=O) groups is 2. The van der Waals surface area contributed by atoms with Crippen molar-refractivity contribution < 1.29 is 24.3 Å². The van der Waals surface area contributed by atoms with Crippen molar-refractivity contribution in [3.63, 3.8) is 0 Å². The van der Waals surface area contributed by atoms with Crippen LogP contribution in [0.25, 0.3) is 0 Å². The fourth-order valence-electron chi connectivity index (χ4n) is 3.66. The molecule has 0 fully saturated rings. The maximum Gasteiger partial charge on any atom is 0.199 e. The standard InChI is InChI=1S/C23H31NO5/c1-4-5-6-7-8-9-10-11-12-17(24-27)16-15-18(25)21-19(28-2)13-14-20(29-3)22(21)23(16)26/h13-15,27H,4-12H2,1-3H3. The number of fused-ring (bicyclic) bond motifs is 1. The zero-order valence-electron chi connectivity index (χ0n) is 17.6. The number of rotatable bonds is 12. The number of allylic oxidation sites excluding steroid dienone is 2. The summed E-state index contributed by atoms with van der Waals surface area (Å²) in [5, 5.41) is 12.8. The monoisotopic (exact) mass is 401 g/mol. The molecule has 0 radical (unpaired) electrons. The highest BCUT2D eigenvalue weighted by Crippen LogP contribution is 2.36. The van der Waals surface area contributed by atoms with Crippen LogP contribution in [-0.2, 0) is 0 Å². The van der Waals surface area contributed by atoms with Gasteiger partial charge in [-0.05, 0) is 31.1 Å². The Bertz CT molecular complexity index is 795. The second kappa shape index (κ2) is 11.4. The highest BCUT2D eigenvalue weighted by molar-refractivity contribution is 6.37. The van der Waals surface area contributed by atoms with Crippen molar-refractivity contribution in [3.8, 4) is 11.5 Å². The molecule has 0 saturated heterocycles. The number of unbranched alkanes of at least 4 members (excludes halogenated alkanes) is 7. The minimum atomic E-state index is -0.386. The van der Waals surface area contributed by atoms with Crippen molar-refractivity contribution in [3.05, 3.63) is 34.9 Å². The Morgan fingerprint density at radius 1 is 0.897 bits per heavy atom. The predicted molar refractivity (Wildman–Crippen MR) is 113 cm³/mol. The van der Waals surface area contributed by atoms with Crippen LogP contribution < -0.4 is 9.47 Å². The Hall–Kier alpha value is -2.63. The van der Waals surface area contributed by atoms with Gasteiger partial charge in [-0.15, -0.1) is 0 Å². The first-order valence-corrected chi connectivity index (χ1v) is 10.4. The molecule has 0 amide bonds. The van der Waals surface area contributed by atoms with Gasteiger partial charge in [-0.25, -0.2) is 0 Å². The van der Waals surface area contributed by atoms with Gasteiger partial charge in [-0.1, -0.05) is 57.0 Å². The lowest BCUT2D eigenvalue weighted by molar-refractivity contribution is 0.0983. The molecule has 0 bridgehead atoms. The molecule has 0 spiro atoms. The van der Waals surface area contributed by atoms with Crippen LogP contribution in [0.4, 0.5) is 0 Å². The summed E-state index contributed by atoms with van der Waals surface area (Å²) in [4.78, 5) is 25.8. The van der Waals surface area contributed by atoms with Gasteiger partial charge in [0.2, 0.25) is 0 Å².